The molecular formula is C23H32N2O. The first kappa shape index (κ1) is 20.2. The van der Waals surface area contributed by atoms with E-state index in [0.717, 1.165) is 30.4 Å². The molecular weight excluding hydrogens is 320 g/mol. The van der Waals surface area contributed by atoms with Crippen molar-refractivity contribution in [3.63, 3.8) is 0 Å². The van der Waals surface area contributed by atoms with Gasteiger partial charge in [-0.2, -0.15) is 0 Å². The summed E-state index contributed by atoms with van der Waals surface area (Å²) in [5, 5.41) is 3.21. The van der Waals surface area contributed by atoms with E-state index in [1.807, 2.05) is 36.4 Å². The van der Waals surface area contributed by atoms with Crippen molar-refractivity contribution >= 4 is 5.91 Å². The first-order valence-corrected chi connectivity index (χ1v) is 9.58. The molecule has 1 unspecified atom stereocenters. The molecule has 3 nitrogen and oxygen atoms in total. The number of rotatable bonds is 9. The smallest absolute Gasteiger partial charge is 0.235 e. The lowest BCUT2D eigenvalue weighted by atomic mass is 9.69. The van der Waals surface area contributed by atoms with Gasteiger partial charge in [-0.3, -0.25) is 4.79 Å². The zero-order chi connectivity index (χ0) is 19.0. The first-order chi connectivity index (χ1) is 12.5. The van der Waals surface area contributed by atoms with E-state index >= 15 is 0 Å². The van der Waals surface area contributed by atoms with Crippen LogP contribution in [0.5, 0.6) is 0 Å². The quantitative estimate of drug-likeness (QED) is 0.685. The Morgan fingerprint density at radius 3 is 1.92 bits per heavy atom. The highest BCUT2D eigenvalue weighted by Crippen LogP contribution is 2.38. The van der Waals surface area contributed by atoms with E-state index < -0.39 is 5.41 Å². The average Bonchev–Trinajstić information content (AvgIpc) is 2.67. The molecule has 0 radical (unpaired) electrons. The molecule has 0 heterocycles. The predicted molar refractivity (Wildman–Crippen MR) is 109 cm³/mol. The molecule has 2 rings (SSSR count). The van der Waals surface area contributed by atoms with Gasteiger partial charge in [0.15, 0.2) is 0 Å². The summed E-state index contributed by atoms with van der Waals surface area (Å²) in [5.74, 6) is 0.0945. The van der Waals surface area contributed by atoms with Crippen LogP contribution >= 0.6 is 0 Å². The summed E-state index contributed by atoms with van der Waals surface area (Å²) in [4.78, 5) is 15.7. The van der Waals surface area contributed by atoms with Gasteiger partial charge in [-0.15, -0.1) is 0 Å². The van der Waals surface area contributed by atoms with Gasteiger partial charge in [0, 0.05) is 12.6 Å². The number of benzene rings is 2. The van der Waals surface area contributed by atoms with Gasteiger partial charge >= 0.3 is 0 Å². The summed E-state index contributed by atoms with van der Waals surface area (Å²) in [6.45, 7) is 5.04. The van der Waals surface area contributed by atoms with Crippen molar-refractivity contribution in [3.8, 4) is 0 Å². The first-order valence-electron chi connectivity index (χ1n) is 9.58. The summed E-state index contributed by atoms with van der Waals surface area (Å²) >= 11 is 0. The molecule has 0 aliphatic rings. The third-order valence-electron chi connectivity index (χ3n) is 5.22. The van der Waals surface area contributed by atoms with E-state index in [4.69, 9.17) is 0 Å². The number of unbranched alkanes of at least 4 members (excludes halogenated alkanes) is 1. The Kier molecular flexibility index (Phi) is 7.40. The second-order valence-electron chi connectivity index (χ2n) is 7.26. The summed E-state index contributed by atoms with van der Waals surface area (Å²) in [5.41, 5.74) is 1.41. The van der Waals surface area contributed by atoms with Crippen LogP contribution < -0.4 is 5.32 Å². The van der Waals surface area contributed by atoms with Crippen LogP contribution in [0.4, 0.5) is 0 Å². The SMILES string of the molecule is CCCCNC(=O)C(CC(C)N(C)C)(c1ccccc1)c1ccccc1. The molecule has 140 valence electrons. The van der Waals surface area contributed by atoms with E-state index in [9.17, 15) is 4.79 Å². The van der Waals surface area contributed by atoms with Crippen LogP contribution in [0.3, 0.4) is 0 Å². The molecule has 0 aromatic heterocycles. The molecule has 3 heteroatoms. The average molecular weight is 353 g/mol. The fourth-order valence-corrected chi connectivity index (χ4v) is 3.36. The van der Waals surface area contributed by atoms with E-state index in [0.29, 0.717) is 6.54 Å². The summed E-state index contributed by atoms with van der Waals surface area (Å²) in [6, 6.07) is 20.7. The molecule has 0 saturated carbocycles. The lowest BCUT2D eigenvalue weighted by Crippen LogP contribution is -2.49. The van der Waals surface area contributed by atoms with E-state index in [1.54, 1.807) is 0 Å². The minimum Gasteiger partial charge on any atom is -0.355 e. The van der Waals surface area contributed by atoms with Gasteiger partial charge in [-0.05, 0) is 45.0 Å². The molecule has 0 aliphatic heterocycles. The van der Waals surface area contributed by atoms with Crippen LogP contribution in [-0.4, -0.2) is 37.5 Å². The summed E-state index contributed by atoms with van der Waals surface area (Å²) in [7, 11) is 4.14. The Hall–Kier alpha value is -2.13. The Balaban J connectivity index is 2.57. The van der Waals surface area contributed by atoms with Crippen LogP contribution in [0.1, 0.15) is 44.2 Å². The number of amides is 1. The normalized spacial score (nSPS) is 12.8. The van der Waals surface area contributed by atoms with Crippen LogP contribution in [-0.2, 0) is 10.2 Å². The van der Waals surface area contributed by atoms with E-state index in [2.05, 4.69) is 62.4 Å². The topological polar surface area (TPSA) is 32.3 Å². The molecule has 2 aromatic carbocycles. The summed E-state index contributed by atoms with van der Waals surface area (Å²) in [6.07, 6.45) is 2.79. The zero-order valence-corrected chi connectivity index (χ0v) is 16.5. The second-order valence-corrected chi connectivity index (χ2v) is 7.26. The molecule has 0 saturated heterocycles. The largest absolute Gasteiger partial charge is 0.355 e. The number of hydrogen-bond acceptors (Lipinski definition) is 2. The van der Waals surface area contributed by atoms with Crippen molar-refractivity contribution in [1.82, 2.24) is 10.2 Å². The molecule has 0 fully saturated rings. The van der Waals surface area contributed by atoms with Gasteiger partial charge in [0.2, 0.25) is 5.91 Å². The summed E-state index contributed by atoms with van der Waals surface area (Å²) < 4.78 is 0. The highest BCUT2D eigenvalue weighted by atomic mass is 16.2. The second kappa shape index (κ2) is 9.54. The maximum atomic E-state index is 13.6. The van der Waals surface area contributed by atoms with Crippen LogP contribution in [0.25, 0.3) is 0 Å². The maximum absolute atomic E-state index is 13.6. The van der Waals surface area contributed by atoms with Gasteiger partial charge in [0.1, 0.15) is 5.41 Å². The van der Waals surface area contributed by atoms with Crippen molar-refractivity contribution in [2.75, 3.05) is 20.6 Å². The highest BCUT2D eigenvalue weighted by Gasteiger charge is 2.43. The Morgan fingerprint density at radius 1 is 1.00 bits per heavy atom. The molecule has 0 aliphatic carbocycles. The number of nitrogens with zero attached hydrogens (tertiary/aromatic N) is 1. The Labute approximate surface area is 158 Å². The Bertz CT molecular complexity index is 628. The zero-order valence-electron chi connectivity index (χ0n) is 16.5. The number of carbonyl (C=O) groups is 1. The highest BCUT2D eigenvalue weighted by molar-refractivity contribution is 5.92. The van der Waals surface area contributed by atoms with Crippen molar-refractivity contribution in [2.45, 2.75) is 44.6 Å². The molecule has 0 spiro atoms. The van der Waals surface area contributed by atoms with Crippen LogP contribution in [0.2, 0.25) is 0 Å². The molecule has 1 amide bonds. The van der Waals surface area contributed by atoms with Crippen LogP contribution in [0.15, 0.2) is 60.7 Å². The lowest BCUT2D eigenvalue weighted by Gasteiger charge is -2.37. The number of hydrogen-bond donors (Lipinski definition) is 1. The van der Waals surface area contributed by atoms with Crippen LogP contribution in [0, 0.1) is 0 Å². The van der Waals surface area contributed by atoms with E-state index in [-0.39, 0.29) is 11.9 Å². The Morgan fingerprint density at radius 2 is 1.50 bits per heavy atom. The fraction of sp³-hybridized carbons (Fsp3) is 0.435. The molecule has 1 N–H and O–H groups in total. The molecule has 1 atom stereocenters. The molecule has 0 bridgehead atoms. The predicted octanol–water partition coefficient (Wildman–Crippen LogP) is 4.23. The minimum atomic E-state index is -0.694. The van der Waals surface area contributed by atoms with Crippen molar-refractivity contribution < 1.29 is 4.79 Å². The lowest BCUT2D eigenvalue weighted by molar-refractivity contribution is -0.126. The van der Waals surface area contributed by atoms with Gasteiger partial charge in [0.05, 0.1) is 0 Å². The number of nitrogens with one attached hydrogen (secondary N) is 1. The van der Waals surface area contributed by atoms with Gasteiger partial charge < -0.3 is 10.2 Å². The van der Waals surface area contributed by atoms with E-state index in [1.165, 1.54) is 0 Å². The van der Waals surface area contributed by atoms with Crippen molar-refractivity contribution in [3.05, 3.63) is 71.8 Å². The minimum absolute atomic E-state index is 0.0945. The van der Waals surface area contributed by atoms with Gasteiger partial charge in [-0.1, -0.05) is 74.0 Å². The number of carbonyl (C=O) groups excluding carboxylic acids is 1. The maximum Gasteiger partial charge on any atom is 0.235 e. The fourth-order valence-electron chi connectivity index (χ4n) is 3.36. The van der Waals surface area contributed by atoms with Crippen molar-refractivity contribution in [1.29, 1.82) is 0 Å². The van der Waals surface area contributed by atoms with Gasteiger partial charge in [-0.25, -0.2) is 0 Å². The molecule has 26 heavy (non-hydrogen) atoms. The third-order valence-corrected chi connectivity index (χ3v) is 5.22. The third kappa shape index (κ3) is 4.53. The molecule has 2 aromatic rings. The standard InChI is InChI=1S/C23H32N2O/c1-5-6-17-24-22(26)23(18-19(2)25(3)4,20-13-9-7-10-14-20)21-15-11-8-12-16-21/h7-16,19H,5-6,17-18H2,1-4H3,(H,24,26). The van der Waals surface area contributed by atoms with Gasteiger partial charge in [0.25, 0.3) is 0 Å². The van der Waals surface area contributed by atoms with Crippen molar-refractivity contribution in [2.24, 2.45) is 0 Å². The monoisotopic (exact) mass is 352 g/mol.